The number of hydrogen-bond donors (Lipinski definition) is 1. The largest absolute Gasteiger partial charge is 0.357 e. The molecule has 0 unspecified atom stereocenters. The molecule has 0 radical (unpaired) electrons. The van der Waals surface area contributed by atoms with Crippen LogP contribution < -0.4 is 5.32 Å². The zero-order valence-corrected chi connectivity index (χ0v) is 14.3. The van der Waals surface area contributed by atoms with E-state index in [1.165, 1.54) is 12.0 Å². The van der Waals surface area contributed by atoms with Gasteiger partial charge in [0.15, 0.2) is 5.96 Å². The van der Waals surface area contributed by atoms with Gasteiger partial charge in [-0.2, -0.15) is 0 Å². The predicted octanol–water partition coefficient (Wildman–Crippen LogP) is 2.10. The van der Waals surface area contributed by atoms with E-state index in [9.17, 15) is 4.79 Å². The van der Waals surface area contributed by atoms with Crippen LogP contribution in [0.4, 0.5) is 0 Å². The van der Waals surface area contributed by atoms with E-state index in [2.05, 4.69) is 27.3 Å². The summed E-state index contributed by atoms with van der Waals surface area (Å²) in [5.41, 5.74) is 1.22. The number of amides is 1. The van der Waals surface area contributed by atoms with Crippen molar-refractivity contribution in [2.45, 2.75) is 32.7 Å². The van der Waals surface area contributed by atoms with E-state index >= 15 is 0 Å². The van der Waals surface area contributed by atoms with Crippen molar-refractivity contribution in [1.82, 2.24) is 15.1 Å². The number of carbonyl (C=O) groups excluding carboxylic acids is 1. The fourth-order valence-corrected chi connectivity index (χ4v) is 2.79. The number of carbonyl (C=O) groups is 1. The third kappa shape index (κ3) is 5.58. The molecule has 0 aromatic heterocycles. The van der Waals surface area contributed by atoms with Crippen molar-refractivity contribution < 1.29 is 4.79 Å². The van der Waals surface area contributed by atoms with E-state index in [0.29, 0.717) is 0 Å². The summed E-state index contributed by atoms with van der Waals surface area (Å²) in [7, 11) is 2.00. The van der Waals surface area contributed by atoms with Crippen LogP contribution in [0.5, 0.6) is 0 Å². The van der Waals surface area contributed by atoms with Crippen molar-refractivity contribution in [3.05, 3.63) is 35.9 Å². The lowest BCUT2D eigenvalue weighted by molar-refractivity contribution is -0.130. The highest BCUT2D eigenvalue weighted by molar-refractivity contribution is 5.85. The summed E-state index contributed by atoms with van der Waals surface area (Å²) in [4.78, 5) is 20.8. The number of aliphatic imine (C=N–C) groups is 1. The Balaban J connectivity index is 1.94. The third-order valence-corrected chi connectivity index (χ3v) is 4.03. The molecule has 1 aromatic rings. The number of nitrogens with one attached hydrogen (secondary N) is 1. The van der Waals surface area contributed by atoms with Gasteiger partial charge in [-0.3, -0.25) is 4.79 Å². The third-order valence-electron chi connectivity index (χ3n) is 4.03. The molecule has 1 aliphatic rings. The van der Waals surface area contributed by atoms with Crippen molar-refractivity contribution in [1.29, 1.82) is 0 Å². The van der Waals surface area contributed by atoms with Crippen LogP contribution in [-0.4, -0.2) is 54.9 Å². The lowest BCUT2D eigenvalue weighted by atomic mass is 10.1. The molecule has 23 heavy (non-hydrogen) atoms. The Morgan fingerprint density at radius 3 is 2.57 bits per heavy atom. The normalized spacial score (nSPS) is 15.4. The fourth-order valence-electron chi connectivity index (χ4n) is 2.79. The first-order valence-corrected chi connectivity index (χ1v) is 8.52. The van der Waals surface area contributed by atoms with Gasteiger partial charge in [0.1, 0.15) is 6.54 Å². The molecule has 5 heteroatoms. The maximum Gasteiger partial charge on any atom is 0.244 e. The summed E-state index contributed by atoms with van der Waals surface area (Å²) in [5.74, 6) is 0.912. The van der Waals surface area contributed by atoms with Gasteiger partial charge in [0, 0.05) is 33.2 Å². The number of rotatable bonds is 5. The first kappa shape index (κ1) is 17.3. The van der Waals surface area contributed by atoms with Gasteiger partial charge >= 0.3 is 0 Å². The second-order valence-electron chi connectivity index (χ2n) is 5.95. The highest BCUT2D eigenvalue weighted by Gasteiger charge is 2.16. The summed E-state index contributed by atoms with van der Waals surface area (Å²) < 4.78 is 0. The first-order chi connectivity index (χ1) is 11.2. The van der Waals surface area contributed by atoms with Crippen LogP contribution in [0.2, 0.25) is 0 Å². The molecule has 0 bridgehead atoms. The average Bonchev–Trinajstić information content (AvgIpc) is 2.60. The number of nitrogens with zero attached hydrogens (tertiary/aromatic N) is 3. The molecule has 1 amide bonds. The Kier molecular flexibility index (Phi) is 6.91. The Bertz CT molecular complexity index is 509. The zero-order valence-electron chi connectivity index (χ0n) is 14.3. The van der Waals surface area contributed by atoms with Gasteiger partial charge in [-0.25, -0.2) is 4.99 Å². The smallest absolute Gasteiger partial charge is 0.244 e. The molecule has 1 fully saturated rings. The van der Waals surface area contributed by atoms with E-state index in [1.54, 1.807) is 0 Å². The van der Waals surface area contributed by atoms with Gasteiger partial charge in [-0.15, -0.1) is 0 Å². The second kappa shape index (κ2) is 9.18. The number of likely N-dealkylation sites (tertiary alicyclic amines) is 1. The quantitative estimate of drug-likeness (QED) is 0.668. The van der Waals surface area contributed by atoms with Gasteiger partial charge < -0.3 is 15.1 Å². The van der Waals surface area contributed by atoms with Crippen molar-refractivity contribution in [3.63, 3.8) is 0 Å². The summed E-state index contributed by atoms with van der Waals surface area (Å²) in [5, 5.41) is 3.27. The maximum atomic E-state index is 12.3. The summed E-state index contributed by atoms with van der Waals surface area (Å²) in [6.07, 6.45) is 3.46. The topological polar surface area (TPSA) is 47.9 Å². The molecule has 0 aliphatic carbocycles. The Hall–Kier alpha value is -2.04. The monoisotopic (exact) mass is 316 g/mol. The van der Waals surface area contributed by atoms with Gasteiger partial charge in [-0.05, 0) is 31.7 Å². The summed E-state index contributed by atoms with van der Waals surface area (Å²) in [6, 6.07) is 10.3. The maximum absolute atomic E-state index is 12.3. The number of benzene rings is 1. The molecule has 0 atom stereocenters. The van der Waals surface area contributed by atoms with Crippen LogP contribution in [0.1, 0.15) is 31.7 Å². The molecule has 0 spiro atoms. The first-order valence-electron chi connectivity index (χ1n) is 8.52. The van der Waals surface area contributed by atoms with Gasteiger partial charge in [-0.1, -0.05) is 30.3 Å². The van der Waals surface area contributed by atoms with Crippen LogP contribution in [-0.2, 0) is 11.3 Å². The molecule has 1 saturated heterocycles. The Labute approximate surface area is 139 Å². The van der Waals surface area contributed by atoms with Crippen molar-refractivity contribution >= 4 is 11.9 Å². The van der Waals surface area contributed by atoms with E-state index < -0.39 is 0 Å². The van der Waals surface area contributed by atoms with Crippen LogP contribution in [0.15, 0.2) is 35.3 Å². The molecule has 126 valence electrons. The van der Waals surface area contributed by atoms with Crippen LogP contribution in [0.3, 0.4) is 0 Å². The fraction of sp³-hybridized carbons (Fsp3) is 0.556. The van der Waals surface area contributed by atoms with Gasteiger partial charge in [0.2, 0.25) is 5.91 Å². The summed E-state index contributed by atoms with van der Waals surface area (Å²) in [6.45, 7) is 5.58. The number of piperidine rings is 1. The molecule has 1 aliphatic heterocycles. The van der Waals surface area contributed by atoms with Crippen molar-refractivity contribution in [2.24, 2.45) is 4.99 Å². The molecule has 5 nitrogen and oxygen atoms in total. The Morgan fingerprint density at radius 2 is 1.91 bits per heavy atom. The van der Waals surface area contributed by atoms with Crippen LogP contribution >= 0.6 is 0 Å². The van der Waals surface area contributed by atoms with E-state index in [1.807, 2.05) is 37.1 Å². The minimum Gasteiger partial charge on any atom is -0.357 e. The van der Waals surface area contributed by atoms with Gasteiger partial charge in [0.25, 0.3) is 0 Å². The zero-order chi connectivity index (χ0) is 16.5. The molecule has 1 aromatic carbocycles. The molecule has 0 saturated carbocycles. The highest BCUT2D eigenvalue weighted by atomic mass is 16.2. The number of guanidine groups is 1. The lowest BCUT2D eigenvalue weighted by Gasteiger charge is -2.27. The minimum atomic E-state index is 0.133. The van der Waals surface area contributed by atoms with Crippen molar-refractivity contribution in [2.75, 3.05) is 33.2 Å². The average molecular weight is 316 g/mol. The predicted molar refractivity (Wildman–Crippen MR) is 94.3 cm³/mol. The Morgan fingerprint density at radius 1 is 1.22 bits per heavy atom. The lowest BCUT2D eigenvalue weighted by Crippen LogP contribution is -2.41. The van der Waals surface area contributed by atoms with Gasteiger partial charge in [0.05, 0.1) is 0 Å². The molecular weight excluding hydrogens is 288 g/mol. The molecule has 1 heterocycles. The second-order valence-corrected chi connectivity index (χ2v) is 5.95. The van der Waals surface area contributed by atoms with Crippen LogP contribution in [0.25, 0.3) is 0 Å². The van der Waals surface area contributed by atoms with Crippen molar-refractivity contribution in [3.8, 4) is 0 Å². The minimum absolute atomic E-state index is 0.133. The highest BCUT2D eigenvalue weighted by Crippen LogP contribution is 2.09. The molecular formula is C18H28N4O. The standard InChI is InChI=1S/C18H28N4O/c1-3-19-18(21(2)15-16-10-6-4-7-11-16)20-14-17(23)22-12-8-5-9-13-22/h4,6-7,10-11H,3,5,8-9,12-15H2,1-2H3,(H,19,20). The van der Waals surface area contributed by atoms with E-state index in [-0.39, 0.29) is 12.5 Å². The molecule has 1 N–H and O–H groups in total. The SMILES string of the molecule is CCNC(=NCC(=O)N1CCCCC1)N(C)Cc1ccccc1. The van der Waals surface area contributed by atoms with Crippen LogP contribution in [0, 0.1) is 0 Å². The summed E-state index contributed by atoms with van der Waals surface area (Å²) >= 11 is 0. The number of hydrogen-bond acceptors (Lipinski definition) is 2. The van der Waals surface area contributed by atoms with E-state index in [0.717, 1.165) is 45.0 Å². The molecule has 2 rings (SSSR count). The van der Waals surface area contributed by atoms with E-state index in [4.69, 9.17) is 0 Å².